The summed E-state index contributed by atoms with van der Waals surface area (Å²) < 4.78 is 0. The molecular formula is C11H21N2O3-. The molecule has 0 aromatic carbocycles. The van der Waals surface area contributed by atoms with E-state index in [4.69, 9.17) is 0 Å². The largest absolute Gasteiger partial charge is 0.548 e. The Morgan fingerprint density at radius 3 is 2.31 bits per heavy atom. The molecule has 2 atom stereocenters. The van der Waals surface area contributed by atoms with E-state index in [-0.39, 0.29) is 6.04 Å². The maximum absolute atomic E-state index is 11.3. The number of rotatable bonds is 7. The zero-order chi connectivity index (χ0) is 12.6. The van der Waals surface area contributed by atoms with Gasteiger partial charge in [-0.25, -0.2) is 4.79 Å². The maximum atomic E-state index is 11.3. The molecule has 0 aliphatic carbocycles. The minimum Gasteiger partial charge on any atom is -0.548 e. The van der Waals surface area contributed by atoms with Crippen LogP contribution in [-0.4, -0.2) is 24.1 Å². The molecule has 16 heavy (non-hydrogen) atoms. The van der Waals surface area contributed by atoms with Crippen LogP contribution >= 0.6 is 0 Å². The van der Waals surface area contributed by atoms with Gasteiger partial charge < -0.3 is 20.5 Å². The Morgan fingerprint density at radius 2 is 1.81 bits per heavy atom. The van der Waals surface area contributed by atoms with Crippen LogP contribution in [0.15, 0.2) is 0 Å². The minimum absolute atomic E-state index is 0.0560. The van der Waals surface area contributed by atoms with Crippen LogP contribution in [0.2, 0.25) is 0 Å². The van der Waals surface area contributed by atoms with E-state index in [1.807, 2.05) is 6.92 Å². The summed E-state index contributed by atoms with van der Waals surface area (Å²) in [6, 6.07) is -1.37. The third-order valence-corrected chi connectivity index (χ3v) is 2.32. The van der Waals surface area contributed by atoms with Gasteiger partial charge in [-0.15, -0.1) is 0 Å². The lowest BCUT2D eigenvalue weighted by atomic mass is 10.1. The van der Waals surface area contributed by atoms with Crippen molar-refractivity contribution in [2.45, 2.75) is 58.5 Å². The number of nitrogens with one attached hydrogen (secondary N) is 2. The van der Waals surface area contributed by atoms with Gasteiger partial charge in [-0.3, -0.25) is 0 Å². The number of hydrogen-bond donors (Lipinski definition) is 2. The van der Waals surface area contributed by atoms with Crippen molar-refractivity contribution in [3.63, 3.8) is 0 Å². The number of amides is 2. The highest BCUT2D eigenvalue weighted by Gasteiger charge is 2.10. The van der Waals surface area contributed by atoms with Crippen molar-refractivity contribution >= 4 is 12.0 Å². The van der Waals surface area contributed by atoms with E-state index in [0.29, 0.717) is 0 Å². The summed E-state index contributed by atoms with van der Waals surface area (Å²) in [4.78, 5) is 21.7. The number of unbranched alkanes of at least 4 members (excludes halogenated alkanes) is 2. The second-order valence-electron chi connectivity index (χ2n) is 4.06. The standard InChI is InChI=1S/C11H22N2O3/c1-4-5-6-7-8(2)12-11(16)13-9(3)10(14)15/h8-9H,4-7H2,1-3H3,(H,14,15)(H2,12,13,16)/p-1/t8-,9+/m0/s1. The fourth-order valence-electron chi connectivity index (χ4n) is 1.29. The van der Waals surface area contributed by atoms with Gasteiger partial charge in [-0.05, 0) is 20.3 Å². The van der Waals surface area contributed by atoms with Gasteiger partial charge in [0.1, 0.15) is 0 Å². The average Bonchev–Trinajstić information content (AvgIpc) is 2.17. The van der Waals surface area contributed by atoms with Gasteiger partial charge in [-0.2, -0.15) is 0 Å². The Kier molecular flexibility index (Phi) is 7.33. The second-order valence-corrected chi connectivity index (χ2v) is 4.06. The van der Waals surface area contributed by atoms with Crippen molar-refractivity contribution in [1.82, 2.24) is 10.6 Å². The molecule has 2 N–H and O–H groups in total. The quantitative estimate of drug-likeness (QED) is 0.620. The molecule has 0 heterocycles. The predicted molar refractivity (Wildman–Crippen MR) is 59.7 cm³/mol. The normalized spacial score (nSPS) is 13.9. The molecule has 5 nitrogen and oxygen atoms in total. The molecule has 2 amide bonds. The molecule has 0 rings (SSSR count). The molecule has 0 aromatic heterocycles. The summed E-state index contributed by atoms with van der Waals surface area (Å²) in [5, 5.41) is 15.3. The van der Waals surface area contributed by atoms with Crippen LogP contribution in [0.4, 0.5) is 4.79 Å². The van der Waals surface area contributed by atoms with Crippen LogP contribution in [0.1, 0.15) is 46.5 Å². The Balaban J connectivity index is 3.73. The first-order valence-corrected chi connectivity index (χ1v) is 5.75. The molecule has 0 aromatic rings. The highest BCUT2D eigenvalue weighted by atomic mass is 16.4. The van der Waals surface area contributed by atoms with E-state index >= 15 is 0 Å². The molecule has 0 spiro atoms. The molecule has 0 aliphatic heterocycles. The van der Waals surface area contributed by atoms with E-state index in [1.165, 1.54) is 6.92 Å². The summed E-state index contributed by atoms with van der Waals surface area (Å²) in [7, 11) is 0. The fraction of sp³-hybridized carbons (Fsp3) is 0.818. The van der Waals surface area contributed by atoms with Gasteiger partial charge in [-0.1, -0.05) is 26.2 Å². The predicted octanol–water partition coefficient (Wildman–Crippen LogP) is 0.393. The molecular weight excluding hydrogens is 208 g/mol. The van der Waals surface area contributed by atoms with E-state index in [1.54, 1.807) is 0 Å². The first kappa shape index (κ1) is 14.7. The lowest BCUT2D eigenvalue weighted by Crippen LogP contribution is -2.50. The van der Waals surface area contributed by atoms with Crippen LogP contribution in [0.25, 0.3) is 0 Å². The summed E-state index contributed by atoms with van der Waals surface area (Å²) in [6.45, 7) is 5.39. The lowest BCUT2D eigenvalue weighted by Gasteiger charge is -2.18. The molecule has 0 fully saturated rings. The van der Waals surface area contributed by atoms with Crippen LogP contribution in [0, 0.1) is 0 Å². The number of carboxylic acid groups (broad SMARTS) is 1. The molecule has 0 aliphatic rings. The highest BCUT2D eigenvalue weighted by molar-refractivity contribution is 5.81. The van der Waals surface area contributed by atoms with E-state index in [9.17, 15) is 14.7 Å². The van der Waals surface area contributed by atoms with Crippen LogP contribution in [-0.2, 0) is 4.79 Å². The van der Waals surface area contributed by atoms with Crippen molar-refractivity contribution in [2.24, 2.45) is 0 Å². The van der Waals surface area contributed by atoms with Crippen molar-refractivity contribution in [3.8, 4) is 0 Å². The SMILES string of the molecule is CCCCC[C@H](C)NC(=O)N[C@H](C)C(=O)[O-]. The van der Waals surface area contributed by atoms with Gasteiger partial charge in [0, 0.05) is 6.04 Å². The zero-order valence-electron chi connectivity index (χ0n) is 10.2. The summed E-state index contributed by atoms with van der Waals surface area (Å²) in [5.41, 5.74) is 0. The molecule has 0 radical (unpaired) electrons. The Morgan fingerprint density at radius 1 is 1.19 bits per heavy atom. The van der Waals surface area contributed by atoms with E-state index in [2.05, 4.69) is 17.6 Å². The number of aliphatic carboxylic acids is 1. The topological polar surface area (TPSA) is 81.3 Å². The van der Waals surface area contributed by atoms with Gasteiger partial charge in [0.25, 0.3) is 0 Å². The van der Waals surface area contributed by atoms with Crippen LogP contribution in [0.5, 0.6) is 0 Å². The first-order chi connectivity index (χ1) is 7.47. The fourth-order valence-corrected chi connectivity index (χ4v) is 1.29. The lowest BCUT2D eigenvalue weighted by molar-refractivity contribution is -0.307. The minimum atomic E-state index is -1.28. The van der Waals surface area contributed by atoms with Crippen molar-refractivity contribution in [1.29, 1.82) is 0 Å². The third-order valence-electron chi connectivity index (χ3n) is 2.32. The summed E-state index contributed by atoms with van der Waals surface area (Å²) in [6.07, 6.45) is 4.25. The molecule has 5 heteroatoms. The molecule has 0 bridgehead atoms. The van der Waals surface area contributed by atoms with Crippen molar-refractivity contribution < 1.29 is 14.7 Å². The second kappa shape index (κ2) is 7.96. The molecule has 0 saturated carbocycles. The molecule has 0 saturated heterocycles. The Bertz CT molecular complexity index is 231. The number of carbonyl (C=O) groups is 2. The van der Waals surface area contributed by atoms with Gasteiger partial charge in [0.05, 0.1) is 12.0 Å². The van der Waals surface area contributed by atoms with Crippen molar-refractivity contribution in [2.75, 3.05) is 0 Å². The van der Waals surface area contributed by atoms with Gasteiger partial charge >= 0.3 is 6.03 Å². The summed E-state index contributed by atoms with van der Waals surface area (Å²) in [5.74, 6) is -1.28. The van der Waals surface area contributed by atoms with Crippen molar-refractivity contribution in [3.05, 3.63) is 0 Å². The maximum Gasteiger partial charge on any atom is 0.315 e. The third kappa shape index (κ3) is 7.09. The van der Waals surface area contributed by atoms with Gasteiger partial charge in [0.15, 0.2) is 0 Å². The monoisotopic (exact) mass is 229 g/mol. The Hall–Kier alpha value is -1.26. The average molecular weight is 229 g/mol. The van der Waals surface area contributed by atoms with Gasteiger partial charge in [0.2, 0.25) is 0 Å². The van der Waals surface area contributed by atoms with Crippen LogP contribution < -0.4 is 15.7 Å². The first-order valence-electron chi connectivity index (χ1n) is 5.75. The Labute approximate surface area is 96.6 Å². The zero-order valence-corrected chi connectivity index (χ0v) is 10.2. The number of urea groups is 1. The highest BCUT2D eigenvalue weighted by Crippen LogP contribution is 2.02. The van der Waals surface area contributed by atoms with E-state index < -0.39 is 18.0 Å². The van der Waals surface area contributed by atoms with Crippen LogP contribution in [0.3, 0.4) is 0 Å². The van der Waals surface area contributed by atoms with E-state index in [0.717, 1.165) is 25.7 Å². The summed E-state index contributed by atoms with van der Waals surface area (Å²) >= 11 is 0. The molecule has 94 valence electrons. The smallest absolute Gasteiger partial charge is 0.315 e. The number of carboxylic acids is 1. The number of hydrogen-bond acceptors (Lipinski definition) is 3. The molecule has 0 unspecified atom stereocenters. The number of carbonyl (C=O) groups excluding carboxylic acids is 2.